The van der Waals surface area contributed by atoms with E-state index in [9.17, 15) is 4.79 Å². The molecule has 3 aromatic rings. The van der Waals surface area contributed by atoms with Crippen LogP contribution in [0.15, 0.2) is 52.5 Å². The van der Waals surface area contributed by atoms with Gasteiger partial charge in [0.05, 0.1) is 37.1 Å². The summed E-state index contributed by atoms with van der Waals surface area (Å²) < 4.78 is 10.8. The average molecular weight is 342 g/mol. The van der Waals surface area contributed by atoms with Gasteiger partial charge in [0.2, 0.25) is 5.91 Å². The quantitative estimate of drug-likeness (QED) is 0.712. The Morgan fingerprint density at radius 2 is 2.17 bits per heavy atom. The Labute approximate surface area is 144 Å². The summed E-state index contributed by atoms with van der Waals surface area (Å²) in [5.41, 5.74) is 1.70. The molecule has 0 saturated carbocycles. The van der Waals surface area contributed by atoms with Crippen molar-refractivity contribution in [1.29, 1.82) is 0 Å². The molecule has 0 aliphatic heterocycles. The third-order valence-electron chi connectivity index (χ3n) is 3.35. The third-order valence-corrected chi connectivity index (χ3v) is 4.28. The van der Waals surface area contributed by atoms with Gasteiger partial charge in [0, 0.05) is 5.38 Å². The van der Waals surface area contributed by atoms with Gasteiger partial charge >= 0.3 is 0 Å². The molecular formula is C18H18N2O3S. The normalized spacial score (nSPS) is 10.5. The minimum absolute atomic E-state index is 0.0821. The minimum Gasteiger partial charge on any atom is -0.493 e. The maximum absolute atomic E-state index is 12.0. The predicted octanol–water partition coefficient (Wildman–Crippen LogP) is 3.66. The van der Waals surface area contributed by atoms with Crippen molar-refractivity contribution >= 4 is 17.2 Å². The third kappa shape index (κ3) is 4.02. The number of nitrogens with one attached hydrogen (secondary N) is 1. The highest BCUT2D eigenvalue weighted by molar-refractivity contribution is 7.13. The van der Waals surface area contributed by atoms with Crippen LogP contribution in [0, 0.1) is 0 Å². The van der Waals surface area contributed by atoms with E-state index in [2.05, 4.69) is 10.3 Å². The molecule has 0 bridgehead atoms. The van der Waals surface area contributed by atoms with Gasteiger partial charge in [-0.1, -0.05) is 12.1 Å². The molecule has 6 heteroatoms. The molecule has 0 aliphatic carbocycles. The van der Waals surface area contributed by atoms with Crippen LogP contribution in [0.1, 0.15) is 18.4 Å². The number of hydrogen-bond acceptors (Lipinski definition) is 5. The number of carbonyl (C=O) groups is 1. The number of benzene rings is 1. The Balaban J connectivity index is 1.64. The second-order valence-corrected chi connectivity index (χ2v) is 5.96. The van der Waals surface area contributed by atoms with Gasteiger partial charge in [-0.15, -0.1) is 11.3 Å². The summed E-state index contributed by atoms with van der Waals surface area (Å²) in [4.78, 5) is 16.6. The number of aromatic nitrogens is 1. The van der Waals surface area contributed by atoms with E-state index in [0.29, 0.717) is 13.2 Å². The van der Waals surface area contributed by atoms with Crippen molar-refractivity contribution in [2.24, 2.45) is 0 Å². The molecule has 0 unspecified atom stereocenters. The first-order valence-electron chi connectivity index (χ1n) is 7.72. The summed E-state index contributed by atoms with van der Waals surface area (Å²) in [7, 11) is 0. The van der Waals surface area contributed by atoms with Gasteiger partial charge < -0.3 is 14.5 Å². The molecule has 1 amide bonds. The first kappa shape index (κ1) is 16.3. The maximum atomic E-state index is 12.0. The molecule has 1 aromatic carbocycles. The van der Waals surface area contributed by atoms with Crippen LogP contribution in [0.3, 0.4) is 0 Å². The Bertz CT molecular complexity index is 796. The molecule has 0 aliphatic rings. The van der Waals surface area contributed by atoms with E-state index in [-0.39, 0.29) is 12.3 Å². The van der Waals surface area contributed by atoms with Crippen molar-refractivity contribution in [3.05, 3.63) is 59.5 Å². The van der Waals surface area contributed by atoms with Gasteiger partial charge in [-0.05, 0) is 31.2 Å². The average Bonchev–Trinajstić information content (AvgIpc) is 3.25. The number of nitrogens with zero attached hydrogens (tertiary/aromatic N) is 1. The summed E-state index contributed by atoms with van der Waals surface area (Å²) >= 11 is 1.51. The predicted molar refractivity (Wildman–Crippen MR) is 93.0 cm³/mol. The Hall–Kier alpha value is -2.60. The molecule has 1 N–H and O–H groups in total. The molecule has 0 atom stereocenters. The number of para-hydroxylation sites is 1. The standard InChI is InChI=1S/C18H18N2O3S/c1-2-22-16-8-4-3-7-15(16)18-20-13(12-24-18)10-17(21)19-11-14-6-5-9-23-14/h3-9,12H,2,10-11H2,1H3,(H,19,21). The highest BCUT2D eigenvalue weighted by atomic mass is 32.1. The number of hydrogen-bond donors (Lipinski definition) is 1. The molecular weight excluding hydrogens is 324 g/mol. The fourth-order valence-corrected chi connectivity index (χ4v) is 3.11. The topological polar surface area (TPSA) is 64.4 Å². The number of carbonyl (C=O) groups excluding carboxylic acids is 1. The van der Waals surface area contributed by atoms with Gasteiger partial charge in [0.25, 0.3) is 0 Å². The summed E-state index contributed by atoms with van der Waals surface area (Å²) in [6, 6.07) is 11.4. The summed E-state index contributed by atoms with van der Waals surface area (Å²) in [6.45, 7) is 2.94. The van der Waals surface area contributed by atoms with Crippen molar-refractivity contribution in [1.82, 2.24) is 10.3 Å². The Morgan fingerprint density at radius 3 is 2.96 bits per heavy atom. The lowest BCUT2D eigenvalue weighted by Crippen LogP contribution is -2.24. The van der Waals surface area contributed by atoms with Gasteiger partial charge in [-0.3, -0.25) is 4.79 Å². The zero-order valence-electron chi connectivity index (χ0n) is 13.3. The largest absolute Gasteiger partial charge is 0.493 e. The zero-order valence-corrected chi connectivity index (χ0v) is 14.1. The molecule has 124 valence electrons. The highest BCUT2D eigenvalue weighted by Gasteiger charge is 2.12. The Morgan fingerprint density at radius 1 is 1.29 bits per heavy atom. The van der Waals surface area contributed by atoms with Crippen LogP contribution in [0.4, 0.5) is 0 Å². The number of ether oxygens (including phenoxy) is 1. The fourth-order valence-electron chi connectivity index (χ4n) is 2.26. The van der Waals surface area contributed by atoms with Gasteiger partial charge in [-0.25, -0.2) is 4.98 Å². The van der Waals surface area contributed by atoms with E-state index in [1.165, 1.54) is 11.3 Å². The van der Waals surface area contributed by atoms with Crippen molar-refractivity contribution < 1.29 is 13.9 Å². The second kappa shape index (κ2) is 7.79. The molecule has 0 saturated heterocycles. The fraction of sp³-hybridized carbons (Fsp3) is 0.222. The van der Waals surface area contributed by atoms with Crippen LogP contribution in [-0.2, 0) is 17.8 Å². The molecule has 2 heterocycles. The monoisotopic (exact) mass is 342 g/mol. The Kier molecular flexibility index (Phi) is 5.28. The SMILES string of the molecule is CCOc1ccccc1-c1nc(CC(=O)NCc2ccco2)cs1. The first-order valence-corrected chi connectivity index (χ1v) is 8.60. The van der Waals surface area contributed by atoms with E-state index >= 15 is 0 Å². The van der Waals surface area contributed by atoms with E-state index in [1.807, 2.05) is 42.6 Å². The van der Waals surface area contributed by atoms with E-state index < -0.39 is 0 Å². The van der Waals surface area contributed by atoms with E-state index in [0.717, 1.165) is 27.8 Å². The van der Waals surface area contributed by atoms with E-state index in [1.54, 1.807) is 12.3 Å². The zero-order chi connectivity index (χ0) is 16.8. The molecule has 2 aromatic heterocycles. The van der Waals surface area contributed by atoms with Crippen molar-refractivity contribution in [3.8, 4) is 16.3 Å². The molecule has 0 fully saturated rings. The lowest BCUT2D eigenvalue weighted by Gasteiger charge is -2.07. The first-order chi connectivity index (χ1) is 11.8. The second-order valence-electron chi connectivity index (χ2n) is 5.11. The summed E-state index contributed by atoms with van der Waals surface area (Å²) in [5, 5.41) is 5.58. The number of rotatable bonds is 7. The van der Waals surface area contributed by atoms with Crippen LogP contribution >= 0.6 is 11.3 Å². The van der Waals surface area contributed by atoms with Gasteiger partial charge in [0.15, 0.2) is 0 Å². The van der Waals surface area contributed by atoms with Crippen LogP contribution < -0.4 is 10.1 Å². The van der Waals surface area contributed by atoms with Gasteiger partial charge in [-0.2, -0.15) is 0 Å². The van der Waals surface area contributed by atoms with Crippen LogP contribution in [0.2, 0.25) is 0 Å². The number of furan rings is 1. The number of amides is 1. The van der Waals surface area contributed by atoms with Crippen LogP contribution in [0.25, 0.3) is 10.6 Å². The minimum atomic E-state index is -0.0821. The summed E-state index contributed by atoms with van der Waals surface area (Å²) in [5.74, 6) is 1.46. The lowest BCUT2D eigenvalue weighted by atomic mass is 10.2. The molecule has 5 nitrogen and oxygen atoms in total. The molecule has 24 heavy (non-hydrogen) atoms. The van der Waals surface area contributed by atoms with Crippen LogP contribution in [-0.4, -0.2) is 17.5 Å². The van der Waals surface area contributed by atoms with Crippen molar-refractivity contribution in [2.45, 2.75) is 19.9 Å². The van der Waals surface area contributed by atoms with Crippen molar-refractivity contribution in [2.75, 3.05) is 6.61 Å². The number of thiazole rings is 1. The van der Waals surface area contributed by atoms with Gasteiger partial charge in [0.1, 0.15) is 16.5 Å². The molecule has 0 radical (unpaired) electrons. The summed E-state index contributed by atoms with van der Waals surface area (Å²) in [6.07, 6.45) is 1.83. The van der Waals surface area contributed by atoms with E-state index in [4.69, 9.17) is 9.15 Å². The molecule has 0 spiro atoms. The lowest BCUT2D eigenvalue weighted by molar-refractivity contribution is -0.120. The van der Waals surface area contributed by atoms with Crippen molar-refractivity contribution in [3.63, 3.8) is 0 Å². The maximum Gasteiger partial charge on any atom is 0.226 e. The molecule has 3 rings (SSSR count). The van der Waals surface area contributed by atoms with Crippen LogP contribution in [0.5, 0.6) is 5.75 Å². The smallest absolute Gasteiger partial charge is 0.226 e. The highest BCUT2D eigenvalue weighted by Crippen LogP contribution is 2.32.